The van der Waals surface area contributed by atoms with Crippen molar-refractivity contribution in [2.75, 3.05) is 13.3 Å². The third kappa shape index (κ3) is 2.91. The molecule has 78 valence electrons. The van der Waals surface area contributed by atoms with Crippen LogP contribution in [0.15, 0.2) is 4.99 Å². The summed E-state index contributed by atoms with van der Waals surface area (Å²) in [6, 6.07) is 0.586. The van der Waals surface area contributed by atoms with Crippen molar-refractivity contribution in [3.05, 3.63) is 0 Å². The summed E-state index contributed by atoms with van der Waals surface area (Å²) in [7, 11) is 2.04. The van der Waals surface area contributed by atoms with Crippen LogP contribution in [0.1, 0.15) is 32.1 Å². The Morgan fingerprint density at radius 2 is 2.07 bits per heavy atom. The van der Waals surface area contributed by atoms with Gasteiger partial charge in [-0.3, -0.25) is 0 Å². The predicted molar refractivity (Wildman–Crippen MR) is 61.2 cm³/mol. The quantitative estimate of drug-likeness (QED) is 0.380. The molecule has 3 nitrogen and oxygen atoms in total. The summed E-state index contributed by atoms with van der Waals surface area (Å²) in [5.74, 6) is 0. The standard InChI is InChI=1S/C10H17N3S/c1-13(10(14-2)12-8-11)9-6-4-3-5-7-9/h9H,3-7H2,1-2H3/b12-10-. The molecule has 0 amide bonds. The molecule has 1 fully saturated rings. The van der Waals surface area contributed by atoms with Crippen molar-refractivity contribution in [2.45, 2.75) is 38.1 Å². The molecule has 0 saturated heterocycles. The van der Waals surface area contributed by atoms with Gasteiger partial charge in [0.2, 0.25) is 6.19 Å². The Bertz CT molecular complexity index is 238. The predicted octanol–water partition coefficient (Wildman–Crippen LogP) is 2.45. The average Bonchev–Trinajstić information content (AvgIpc) is 2.26. The van der Waals surface area contributed by atoms with Gasteiger partial charge in [0, 0.05) is 13.1 Å². The highest BCUT2D eigenvalue weighted by Gasteiger charge is 2.20. The first-order chi connectivity index (χ1) is 6.79. The smallest absolute Gasteiger partial charge is 0.208 e. The van der Waals surface area contributed by atoms with E-state index in [2.05, 4.69) is 9.89 Å². The second-order valence-electron chi connectivity index (χ2n) is 3.60. The van der Waals surface area contributed by atoms with Crippen LogP contribution in [0.3, 0.4) is 0 Å². The lowest BCUT2D eigenvalue weighted by molar-refractivity contribution is 0.282. The van der Waals surface area contributed by atoms with Crippen molar-refractivity contribution in [1.82, 2.24) is 4.90 Å². The van der Waals surface area contributed by atoms with E-state index in [9.17, 15) is 0 Å². The van der Waals surface area contributed by atoms with Crippen molar-refractivity contribution in [1.29, 1.82) is 5.26 Å². The fourth-order valence-electron chi connectivity index (χ4n) is 1.94. The van der Waals surface area contributed by atoms with Crippen LogP contribution >= 0.6 is 11.8 Å². The van der Waals surface area contributed by atoms with Gasteiger partial charge in [-0.25, -0.2) is 0 Å². The van der Waals surface area contributed by atoms with Gasteiger partial charge < -0.3 is 4.90 Å². The van der Waals surface area contributed by atoms with Gasteiger partial charge in [0.25, 0.3) is 0 Å². The van der Waals surface area contributed by atoms with E-state index < -0.39 is 0 Å². The third-order valence-electron chi connectivity index (χ3n) is 2.75. The normalized spacial score (nSPS) is 19.1. The van der Waals surface area contributed by atoms with E-state index >= 15 is 0 Å². The Hall–Kier alpha value is -0.690. The Morgan fingerprint density at radius 3 is 2.57 bits per heavy atom. The highest BCUT2D eigenvalue weighted by Crippen LogP contribution is 2.23. The lowest BCUT2D eigenvalue weighted by atomic mass is 9.95. The number of nitriles is 1. The van der Waals surface area contributed by atoms with Crippen molar-refractivity contribution in [2.24, 2.45) is 4.99 Å². The summed E-state index contributed by atoms with van der Waals surface area (Å²) in [6.45, 7) is 0. The number of hydrogen-bond acceptors (Lipinski definition) is 3. The number of hydrogen-bond donors (Lipinski definition) is 0. The van der Waals surface area contributed by atoms with Gasteiger partial charge in [-0.1, -0.05) is 31.0 Å². The van der Waals surface area contributed by atoms with Gasteiger partial charge >= 0.3 is 0 Å². The minimum Gasteiger partial charge on any atom is -0.351 e. The molecule has 0 aliphatic heterocycles. The SMILES string of the molecule is CS/C(=N\C#N)N(C)C1CCCCC1. The van der Waals surface area contributed by atoms with Crippen molar-refractivity contribution >= 4 is 16.9 Å². The minimum atomic E-state index is 0.586. The fourth-order valence-corrected chi connectivity index (χ4v) is 2.50. The summed E-state index contributed by atoms with van der Waals surface area (Å²) >= 11 is 1.55. The first-order valence-corrected chi connectivity index (χ1v) is 6.25. The first kappa shape index (κ1) is 11.4. The van der Waals surface area contributed by atoms with Crippen LogP contribution in [0.5, 0.6) is 0 Å². The maximum Gasteiger partial charge on any atom is 0.208 e. The van der Waals surface area contributed by atoms with Crippen LogP contribution in [0.25, 0.3) is 0 Å². The Kier molecular flexibility index (Phi) is 4.81. The van der Waals surface area contributed by atoms with E-state index in [0.717, 1.165) is 5.17 Å². The van der Waals surface area contributed by atoms with E-state index in [1.165, 1.54) is 32.1 Å². The van der Waals surface area contributed by atoms with Gasteiger partial charge in [0.05, 0.1) is 0 Å². The number of rotatable bonds is 1. The molecule has 1 saturated carbocycles. The Balaban J connectivity index is 2.57. The van der Waals surface area contributed by atoms with Gasteiger partial charge in [-0.2, -0.15) is 5.26 Å². The first-order valence-electron chi connectivity index (χ1n) is 5.03. The maximum atomic E-state index is 8.54. The third-order valence-corrected chi connectivity index (χ3v) is 3.50. The molecule has 14 heavy (non-hydrogen) atoms. The van der Waals surface area contributed by atoms with Gasteiger partial charge in [0.1, 0.15) is 0 Å². The lowest BCUT2D eigenvalue weighted by Gasteiger charge is -2.32. The minimum absolute atomic E-state index is 0.586. The summed E-state index contributed by atoms with van der Waals surface area (Å²) in [6.07, 6.45) is 10.3. The second kappa shape index (κ2) is 5.92. The van der Waals surface area contributed by atoms with E-state index in [1.807, 2.05) is 19.5 Å². The number of aliphatic imine (C=N–C) groups is 1. The molecule has 0 radical (unpaired) electrons. The molecule has 0 aromatic carbocycles. The second-order valence-corrected chi connectivity index (χ2v) is 4.37. The van der Waals surface area contributed by atoms with Crippen LogP contribution in [-0.4, -0.2) is 29.4 Å². The highest BCUT2D eigenvalue weighted by molar-refractivity contribution is 8.13. The van der Waals surface area contributed by atoms with Crippen LogP contribution in [0, 0.1) is 11.5 Å². The van der Waals surface area contributed by atoms with Gasteiger partial charge in [-0.05, 0) is 19.1 Å². The molecule has 0 unspecified atom stereocenters. The molecule has 0 N–H and O–H groups in total. The number of thioether (sulfide) groups is 1. The average molecular weight is 211 g/mol. The molecule has 1 rings (SSSR count). The van der Waals surface area contributed by atoms with Gasteiger partial charge in [-0.15, -0.1) is 4.99 Å². The van der Waals surface area contributed by atoms with E-state index in [1.54, 1.807) is 11.8 Å². The van der Waals surface area contributed by atoms with E-state index in [-0.39, 0.29) is 0 Å². The molecule has 0 aromatic rings. The molecular weight excluding hydrogens is 194 g/mol. The number of amidine groups is 1. The number of nitrogens with zero attached hydrogens (tertiary/aromatic N) is 3. The topological polar surface area (TPSA) is 39.4 Å². The molecular formula is C10H17N3S. The van der Waals surface area contributed by atoms with Crippen LogP contribution < -0.4 is 0 Å². The van der Waals surface area contributed by atoms with Crippen LogP contribution in [0.2, 0.25) is 0 Å². The lowest BCUT2D eigenvalue weighted by Crippen LogP contribution is -2.36. The van der Waals surface area contributed by atoms with E-state index in [0.29, 0.717) is 6.04 Å². The Morgan fingerprint density at radius 1 is 1.43 bits per heavy atom. The molecule has 1 aliphatic carbocycles. The monoisotopic (exact) mass is 211 g/mol. The van der Waals surface area contributed by atoms with Crippen LogP contribution in [0.4, 0.5) is 0 Å². The Labute approximate surface area is 90.2 Å². The van der Waals surface area contributed by atoms with Crippen molar-refractivity contribution in [3.8, 4) is 6.19 Å². The zero-order valence-electron chi connectivity index (χ0n) is 8.86. The highest BCUT2D eigenvalue weighted by atomic mass is 32.2. The van der Waals surface area contributed by atoms with Gasteiger partial charge in [0.15, 0.2) is 5.17 Å². The zero-order chi connectivity index (χ0) is 10.4. The summed E-state index contributed by atoms with van der Waals surface area (Å²) in [5, 5.41) is 9.38. The van der Waals surface area contributed by atoms with Crippen LogP contribution in [-0.2, 0) is 0 Å². The molecule has 0 spiro atoms. The molecule has 1 aliphatic rings. The molecule has 0 atom stereocenters. The summed E-state index contributed by atoms with van der Waals surface area (Å²) in [5.41, 5.74) is 0. The summed E-state index contributed by atoms with van der Waals surface area (Å²) < 4.78 is 0. The molecule has 0 aromatic heterocycles. The zero-order valence-corrected chi connectivity index (χ0v) is 9.68. The van der Waals surface area contributed by atoms with Crippen molar-refractivity contribution < 1.29 is 0 Å². The summed E-state index contributed by atoms with van der Waals surface area (Å²) in [4.78, 5) is 5.99. The molecule has 0 heterocycles. The largest absolute Gasteiger partial charge is 0.351 e. The molecule has 4 heteroatoms. The molecule has 0 bridgehead atoms. The maximum absolute atomic E-state index is 8.54. The van der Waals surface area contributed by atoms with E-state index in [4.69, 9.17) is 5.26 Å². The fraction of sp³-hybridized carbons (Fsp3) is 0.800. The van der Waals surface area contributed by atoms with Crippen molar-refractivity contribution in [3.63, 3.8) is 0 Å².